The van der Waals surface area contributed by atoms with Crippen molar-refractivity contribution in [2.75, 3.05) is 0 Å². The molecule has 0 saturated heterocycles. The van der Waals surface area contributed by atoms with Gasteiger partial charge in [-0.05, 0) is 0 Å². The molecule has 0 spiro atoms. The highest BCUT2D eigenvalue weighted by Crippen LogP contribution is 2.17. The first-order valence-corrected chi connectivity index (χ1v) is 3.20. The normalized spacial score (nSPS) is 8.12. The van der Waals surface area contributed by atoms with Crippen molar-refractivity contribution in [3.8, 4) is 0 Å². The van der Waals surface area contributed by atoms with Gasteiger partial charge in [-0.3, -0.25) is 4.57 Å². The molecule has 6 heteroatoms. The molecule has 0 heterocycles. The van der Waals surface area contributed by atoms with E-state index in [-0.39, 0.29) is 0 Å². The van der Waals surface area contributed by atoms with Crippen molar-refractivity contribution < 1.29 is 24.4 Å². The first kappa shape index (κ1) is 10.9. The third-order valence-corrected chi connectivity index (χ3v) is 0.447. The van der Waals surface area contributed by atoms with Crippen LogP contribution in [0.15, 0.2) is 0 Å². The zero-order valence-electron chi connectivity index (χ0n) is 4.62. The molecule has 0 aromatic rings. The van der Waals surface area contributed by atoms with Gasteiger partial charge in [-0.1, -0.05) is 13.8 Å². The van der Waals surface area contributed by atoms with Gasteiger partial charge in [0.2, 0.25) is 0 Å². The molecule has 0 aliphatic heterocycles. The van der Waals surface area contributed by atoms with E-state index >= 15 is 0 Å². The maximum atomic E-state index is 9.42. The van der Waals surface area contributed by atoms with Crippen LogP contribution in [0, 0.1) is 0 Å². The monoisotopic (exact) mass is 144 g/mol. The third kappa shape index (κ3) is 9.42. The van der Waals surface area contributed by atoms with E-state index in [9.17, 15) is 4.57 Å². The molecule has 0 bridgehead atoms. The summed E-state index contributed by atoms with van der Waals surface area (Å²) in [7, 11) is -3.01. The molecule has 0 aromatic heterocycles. The van der Waals surface area contributed by atoms with E-state index in [1.165, 1.54) is 0 Å². The first-order valence-electron chi connectivity index (χ1n) is 1.98. The Kier molecular flexibility index (Phi) is 13.9. The van der Waals surface area contributed by atoms with Crippen LogP contribution >= 0.6 is 8.25 Å². The number of rotatable bonds is 2. The molecule has 0 rings (SSSR count). The molecule has 2 N–H and O–H groups in total. The lowest BCUT2D eigenvalue weighted by Crippen LogP contribution is -1.68. The van der Waals surface area contributed by atoms with Gasteiger partial charge < -0.3 is 0 Å². The minimum Gasteiger partial charge on any atom is -0.259 e. The molecular formula is C2H9O5P. The fourth-order valence-electron chi connectivity index (χ4n) is 0.0167. The van der Waals surface area contributed by atoms with Gasteiger partial charge in [0, 0.05) is 0 Å². The summed E-state index contributed by atoms with van der Waals surface area (Å²) in [6, 6.07) is 0. The second kappa shape index (κ2) is 10.1. The molecule has 0 aliphatic rings. The summed E-state index contributed by atoms with van der Waals surface area (Å²) in [6.07, 6.45) is 0. The fourth-order valence-corrected chi connectivity index (χ4v) is 0.0500. The van der Waals surface area contributed by atoms with Crippen LogP contribution in [0.25, 0.3) is 0 Å². The van der Waals surface area contributed by atoms with Crippen LogP contribution in [0.4, 0.5) is 0 Å². The molecule has 0 fully saturated rings. The van der Waals surface area contributed by atoms with Crippen molar-refractivity contribution >= 4 is 8.25 Å². The topological polar surface area (TPSA) is 76.0 Å². The van der Waals surface area contributed by atoms with E-state index in [2.05, 4.69) is 9.35 Å². The van der Waals surface area contributed by atoms with E-state index in [0.29, 0.717) is 0 Å². The summed E-state index contributed by atoms with van der Waals surface area (Å²) in [6.45, 7) is 4.00. The molecule has 0 amide bonds. The van der Waals surface area contributed by atoms with Crippen molar-refractivity contribution in [3.05, 3.63) is 0 Å². The Balaban J connectivity index is 0. The Hall–Kier alpha value is 0.0700. The summed E-state index contributed by atoms with van der Waals surface area (Å²) in [5.41, 5.74) is 0. The van der Waals surface area contributed by atoms with Gasteiger partial charge in [0.25, 0.3) is 0 Å². The summed E-state index contributed by atoms with van der Waals surface area (Å²) >= 11 is 0. The Labute approximate surface area is 47.7 Å². The highest BCUT2D eigenvalue weighted by Gasteiger charge is 1.89. The fraction of sp³-hybridized carbons (Fsp3) is 1.00. The molecule has 5 nitrogen and oxygen atoms in total. The van der Waals surface area contributed by atoms with E-state index in [0.717, 1.165) is 0 Å². The Bertz CT molecular complexity index is 48.4. The Morgan fingerprint density at radius 1 is 1.25 bits per heavy atom. The minimum atomic E-state index is -3.01. The lowest BCUT2D eigenvalue weighted by atomic mass is 11.0. The van der Waals surface area contributed by atoms with Crippen LogP contribution in [-0.4, -0.2) is 10.5 Å². The van der Waals surface area contributed by atoms with Crippen molar-refractivity contribution in [1.82, 2.24) is 0 Å². The second-order valence-corrected chi connectivity index (χ2v) is 1.30. The quantitative estimate of drug-likeness (QED) is 0.348. The van der Waals surface area contributed by atoms with Crippen LogP contribution in [-0.2, 0) is 13.9 Å². The van der Waals surface area contributed by atoms with Crippen LogP contribution in [0.5, 0.6) is 0 Å². The molecule has 0 atom stereocenters. The Morgan fingerprint density at radius 2 is 1.50 bits per heavy atom. The van der Waals surface area contributed by atoms with E-state index < -0.39 is 8.25 Å². The zero-order chi connectivity index (χ0) is 6.99. The average Bonchev–Trinajstić information content (AvgIpc) is 1.91. The summed E-state index contributed by atoms with van der Waals surface area (Å²) in [5.74, 6) is 0. The number of hydrogen-bond donors (Lipinski definition) is 2. The van der Waals surface area contributed by atoms with Gasteiger partial charge >= 0.3 is 8.25 Å². The van der Waals surface area contributed by atoms with Crippen molar-refractivity contribution in [2.24, 2.45) is 0 Å². The summed E-state index contributed by atoms with van der Waals surface area (Å²) in [5, 5.41) is 14.6. The molecule has 0 aromatic carbocycles. The molecule has 0 radical (unpaired) electrons. The zero-order valence-corrected chi connectivity index (χ0v) is 5.62. The van der Waals surface area contributed by atoms with E-state index in [4.69, 9.17) is 10.5 Å². The maximum absolute atomic E-state index is 9.42. The van der Waals surface area contributed by atoms with Gasteiger partial charge in [-0.15, -0.1) is 0 Å². The van der Waals surface area contributed by atoms with Crippen LogP contribution in [0.3, 0.4) is 0 Å². The van der Waals surface area contributed by atoms with Crippen LogP contribution in [0.1, 0.15) is 13.8 Å². The Morgan fingerprint density at radius 3 is 1.50 bits per heavy atom. The first-order chi connectivity index (χ1) is 3.81. The van der Waals surface area contributed by atoms with E-state index in [1.807, 2.05) is 13.8 Å². The van der Waals surface area contributed by atoms with Crippen molar-refractivity contribution in [1.29, 1.82) is 0 Å². The largest absolute Gasteiger partial charge is 0.372 e. The van der Waals surface area contributed by atoms with Crippen molar-refractivity contribution in [3.63, 3.8) is 0 Å². The SMILES string of the molecule is CC.O=[PH](OO)OO. The predicted molar refractivity (Wildman–Crippen MR) is 27.8 cm³/mol. The second-order valence-electron chi connectivity index (χ2n) is 0.433. The lowest BCUT2D eigenvalue weighted by Gasteiger charge is -1.84. The molecule has 0 unspecified atom stereocenters. The molecular weight excluding hydrogens is 135 g/mol. The third-order valence-electron chi connectivity index (χ3n) is 0.149. The smallest absolute Gasteiger partial charge is 0.259 e. The lowest BCUT2D eigenvalue weighted by molar-refractivity contribution is -0.198. The highest BCUT2D eigenvalue weighted by molar-refractivity contribution is 7.32. The van der Waals surface area contributed by atoms with Gasteiger partial charge in [0.15, 0.2) is 0 Å². The van der Waals surface area contributed by atoms with Crippen LogP contribution in [0.2, 0.25) is 0 Å². The molecule has 0 aliphatic carbocycles. The standard InChI is InChI=1S/C2H6.H3O5P/c1-2;1-4-6(3)5-2/h1-2H3;1-2,6H. The van der Waals surface area contributed by atoms with Gasteiger partial charge in [0.05, 0.1) is 0 Å². The van der Waals surface area contributed by atoms with Gasteiger partial charge in [0.1, 0.15) is 0 Å². The number of hydrogen-bond acceptors (Lipinski definition) is 5. The summed E-state index contributed by atoms with van der Waals surface area (Å²) < 4.78 is 15.4. The average molecular weight is 144 g/mol. The maximum Gasteiger partial charge on any atom is 0.372 e. The van der Waals surface area contributed by atoms with E-state index in [1.54, 1.807) is 0 Å². The highest BCUT2D eigenvalue weighted by atomic mass is 31.1. The van der Waals surface area contributed by atoms with Gasteiger partial charge in [-0.25, -0.2) is 10.5 Å². The van der Waals surface area contributed by atoms with Crippen LogP contribution < -0.4 is 0 Å². The minimum absolute atomic E-state index is 2.00. The molecule has 52 valence electrons. The molecule has 8 heavy (non-hydrogen) atoms. The summed E-state index contributed by atoms with van der Waals surface area (Å²) in [4.78, 5) is 0. The predicted octanol–water partition coefficient (Wildman–Crippen LogP) is 1.38. The van der Waals surface area contributed by atoms with Crippen molar-refractivity contribution in [2.45, 2.75) is 13.8 Å². The molecule has 0 saturated carbocycles. The van der Waals surface area contributed by atoms with Gasteiger partial charge in [-0.2, -0.15) is 9.35 Å².